The fourth-order valence-electron chi connectivity index (χ4n) is 2.86. The summed E-state index contributed by atoms with van der Waals surface area (Å²) >= 11 is 0. The largest absolute Gasteiger partial charge is 0.342 e. The first kappa shape index (κ1) is 17.3. The fraction of sp³-hybridized carbons (Fsp3) is 0.333. The highest BCUT2D eigenvalue weighted by molar-refractivity contribution is 5.86. The predicted molar refractivity (Wildman–Crippen MR) is 99.3 cm³/mol. The van der Waals surface area contributed by atoms with Gasteiger partial charge in [-0.25, -0.2) is 4.39 Å². The molecular formula is C21H26FN. The summed E-state index contributed by atoms with van der Waals surface area (Å²) in [7, 11) is 0. The third-order valence-corrected chi connectivity index (χ3v) is 4.29. The van der Waals surface area contributed by atoms with Gasteiger partial charge in [0.05, 0.1) is 0 Å². The molecule has 2 aromatic rings. The average molecular weight is 311 g/mol. The topological polar surface area (TPSA) is 4.93 Å². The van der Waals surface area contributed by atoms with Gasteiger partial charge in [-0.2, -0.15) is 0 Å². The minimum Gasteiger partial charge on any atom is -0.342 e. The molecule has 0 aliphatic heterocycles. The minimum atomic E-state index is -0.189. The van der Waals surface area contributed by atoms with Gasteiger partial charge in [-0.1, -0.05) is 23.8 Å². The highest BCUT2D eigenvalue weighted by atomic mass is 19.1. The highest BCUT2D eigenvalue weighted by Crippen LogP contribution is 2.28. The van der Waals surface area contributed by atoms with Crippen LogP contribution in [-0.2, 0) is 0 Å². The standard InChI is InChI=1S/C21H26FN/c1-7-15(4)8-10-20(22)17(6)18-9-11-21-19(13-18)12-16(5)23(21)14(2)3/h7-14H,1-6H3/b10-8+,15-7+,20-17+. The summed E-state index contributed by atoms with van der Waals surface area (Å²) in [4.78, 5) is 0. The molecule has 0 aliphatic rings. The molecule has 122 valence electrons. The number of allylic oxidation sites excluding steroid dienone is 6. The van der Waals surface area contributed by atoms with Crippen molar-refractivity contribution in [3.63, 3.8) is 0 Å². The first-order valence-electron chi connectivity index (χ1n) is 8.14. The Morgan fingerprint density at radius 1 is 1.13 bits per heavy atom. The van der Waals surface area contributed by atoms with Crippen molar-refractivity contribution in [2.45, 2.75) is 47.6 Å². The van der Waals surface area contributed by atoms with Crippen LogP contribution in [0.1, 0.15) is 51.9 Å². The summed E-state index contributed by atoms with van der Waals surface area (Å²) in [5.74, 6) is -0.189. The SMILES string of the molecule is C/C=C(C)/C=C/C(F)=C(/C)c1ccc2c(c1)cc(C)n2C(C)C. The van der Waals surface area contributed by atoms with E-state index < -0.39 is 0 Å². The zero-order chi connectivity index (χ0) is 17.1. The van der Waals surface area contributed by atoms with Crippen LogP contribution in [0, 0.1) is 6.92 Å². The molecule has 0 atom stereocenters. The number of aromatic nitrogens is 1. The Balaban J connectivity index is 2.46. The third-order valence-electron chi connectivity index (χ3n) is 4.29. The van der Waals surface area contributed by atoms with Crippen molar-refractivity contribution >= 4 is 16.5 Å². The molecular weight excluding hydrogens is 285 g/mol. The van der Waals surface area contributed by atoms with Gasteiger partial charge in [0.25, 0.3) is 0 Å². The first-order chi connectivity index (χ1) is 10.8. The summed E-state index contributed by atoms with van der Waals surface area (Å²) in [5.41, 5.74) is 5.08. The summed E-state index contributed by atoms with van der Waals surface area (Å²) in [6.07, 6.45) is 5.30. The fourth-order valence-corrected chi connectivity index (χ4v) is 2.86. The molecule has 2 rings (SSSR count). The molecule has 2 heteroatoms. The molecule has 0 saturated carbocycles. The Labute approximate surface area is 138 Å². The lowest BCUT2D eigenvalue weighted by Crippen LogP contribution is -2.01. The number of benzene rings is 1. The lowest BCUT2D eigenvalue weighted by Gasteiger charge is -2.12. The lowest BCUT2D eigenvalue weighted by molar-refractivity contribution is 0.608. The molecule has 0 fully saturated rings. The van der Waals surface area contributed by atoms with E-state index in [0.29, 0.717) is 11.6 Å². The third kappa shape index (κ3) is 3.64. The van der Waals surface area contributed by atoms with Gasteiger partial charge in [0, 0.05) is 22.6 Å². The normalized spacial score (nSPS) is 14.2. The van der Waals surface area contributed by atoms with Crippen molar-refractivity contribution in [3.8, 4) is 0 Å². The Bertz CT molecular complexity index is 801. The van der Waals surface area contributed by atoms with Gasteiger partial charge in [0.2, 0.25) is 0 Å². The van der Waals surface area contributed by atoms with Crippen LogP contribution in [0.3, 0.4) is 0 Å². The summed E-state index contributed by atoms with van der Waals surface area (Å²) < 4.78 is 16.7. The molecule has 0 saturated heterocycles. The molecule has 1 aromatic carbocycles. The Morgan fingerprint density at radius 2 is 1.83 bits per heavy atom. The zero-order valence-corrected chi connectivity index (χ0v) is 14.9. The van der Waals surface area contributed by atoms with Crippen molar-refractivity contribution < 1.29 is 4.39 Å². The van der Waals surface area contributed by atoms with Crippen molar-refractivity contribution in [3.05, 3.63) is 65.2 Å². The van der Waals surface area contributed by atoms with Crippen LogP contribution >= 0.6 is 0 Å². The molecule has 1 heterocycles. The second-order valence-corrected chi connectivity index (χ2v) is 6.36. The molecule has 1 nitrogen and oxygen atoms in total. The number of rotatable bonds is 4. The van der Waals surface area contributed by atoms with E-state index in [4.69, 9.17) is 0 Å². The van der Waals surface area contributed by atoms with Crippen LogP contribution in [0.2, 0.25) is 0 Å². The zero-order valence-electron chi connectivity index (χ0n) is 14.9. The Kier molecular flexibility index (Phi) is 5.25. The molecule has 0 spiro atoms. The quantitative estimate of drug-likeness (QED) is 0.550. The van der Waals surface area contributed by atoms with Crippen LogP contribution in [0.4, 0.5) is 4.39 Å². The molecule has 0 aliphatic carbocycles. The van der Waals surface area contributed by atoms with Crippen LogP contribution in [0.15, 0.2) is 53.9 Å². The van der Waals surface area contributed by atoms with Gasteiger partial charge in [0.15, 0.2) is 0 Å². The van der Waals surface area contributed by atoms with Crippen LogP contribution in [0.25, 0.3) is 16.5 Å². The molecule has 23 heavy (non-hydrogen) atoms. The van der Waals surface area contributed by atoms with Crippen molar-refractivity contribution in [2.75, 3.05) is 0 Å². The van der Waals surface area contributed by atoms with Gasteiger partial charge < -0.3 is 4.57 Å². The maximum atomic E-state index is 14.4. The number of nitrogens with zero attached hydrogens (tertiary/aromatic N) is 1. The van der Waals surface area contributed by atoms with E-state index in [0.717, 1.165) is 16.5 Å². The van der Waals surface area contributed by atoms with Gasteiger partial charge >= 0.3 is 0 Å². The highest BCUT2D eigenvalue weighted by Gasteiger charge is 2.10. The van der Waals surface area contributed by atoms with E-state index in [-0.39, 0.29) is 5.83 Å². The van der Waals surface area contributed by atoms with Gasteiger partial charge in [-0.05, 0) is 77.0 Å². The van der Waals surface area contributed by atoms with E-state index >= 15 is 0 Å². The van der Waals surface area contributed by atoms with E-state index in [2.05, 4.69) is 43.5 Å². The van der Waals surface area contributed by atoms with Gasteiger partial charge in [-0.3, -0.25) is 0 Å². The second kappa shape index (κ2) is 6.99. The lowest BCUT2D eigenvalue weighted by atomic mass is 10.0. The maximum Gasteiger partial charge on any atom is 0.126 e. The molecule has 0 N–H and O–H groups in total. The number of fused-ring (bicyclic) bond motifs is 1. The van der Waals surface area contributed by atoms with Gasteiger partial charge in [-0.15, -0.1) is 0 Å². The molecule has 1 aromatic heterocycles. The van der Waals surface area contributed by atoms with Crippen LogP contribution in [0.5, 0.6) is 0 Å². The maximum absolute atomic E-state index is 14.4. The van der Waals surface area contributed by atoms with Crippen molar-refractivity contribution in [1.82, 2.24) is 4.57 Å². The second-order valence-electron chi connectivity index (χ2n) is 6.36. The summed E-state index contributed by atoms with van der Waals surface area (Å²) in [6, 6.07) is 8.76. The number of hydrogen-bond donors (Lipinski definition) is 0. The molecule has 0 unspecified atom stereocenters. The van der Waals surface area contributed by atoms with Crippen LogP contribution < -0.4 is 0 Å². The van der Waals surface area contributed by atoms with Gasteiger partial charge in [0.1, 0.15) is 5.83 Å². The average Bonchev–Trinajstić information content (AvgIpc) is 2.86. The Morgan fingerprint density at radius 3 is 2.43 bits per heavy atom. The predicted octanol–water partition coefficient (Wildman–Crippen LogP) is 6.75. The van der Waals surface area contributed by atoms with Crippen LogP contribution in [-0.4, -0.2) is 4.57 Å². The first-order valence-corrected chi connectivity index (χ1v) is 8.14. The summed E-state index contributed by atoms with van der Waals surface area (Å²) in [5, 5.41) is 1.16. The minimum absolute atomic E-state index is 0.189. The summed E-state index contributed by atoms with van der Waals surface area (Å²) in [6.45, 7) is 12.2. The molecule has 0 amide bonds. The van der Waals surface area contributed by atoms with Crippen molar-refractivity contribution in [2.24, 2.45) is 0 Å². The van der Waals surface area contributed by atoms with E-state index in [9.17, 15) is 4.39 Å². The van der Waals surface area contributed by atoms with Crippen molar-refractivity contribution in [1.29, 1.82) is 0 Å². The molecule has 0 bridgehead atoms. The Hall–Kier alpha value is -2.09. The number of hydrogen-bond acceptors (Lipinski definition) is 0. The molecule has 0 radical (unpaired) electrons. The van der Waals surface area contributed by atoms with E-state index in [1.807, 2.05) is 32.9 Å². The van der Waals surface area contributed by atoms with E-state index in [1.54, 1.807) is 12.2 Å². The smallest absolute Gasteiger partial charge is 0.126 e. The number of aryl methyl sites for hydroxylation is 1. The monoisotopic (exact) mass is 311 g/mol. The number of halogens is 1. The van der Waals surface area contributed by atoms with E-state index in [1.165, 1.54) is 11.2 Å².